The second-order valence-electron chi connectivity index (χ2n) is 6.80. The Labute approximate surface area is 130 Å². The molecule has 0 bridgehead atoms. The van der Waals surface area contributed by atoms with Gasteiger partial charge in [0.2, 0.25) is 0 Å². The normalized spacial score (nSPS) is 27.1. The van der Waals surface area contributed by atoms with E-state index >= 15 is 0 Å². The first kappa shape index (κ1) is 13.8. The summed E-state index contributed by atoms with van der Waals surface area (Å²) in [7, 11) is 0. The molecule has 4 rings (SSSR count). The van der Waals surface area contributed by atoms with Crippen LogP contribution in [0.3, 0.4) is 0 Å². The van der Waals surface area contributed by atoms with Gasteiger partial charge < -0.3 is 4.74 Å². The van der Waals surface area contributed by atoms with E-state index in [1.54, 1.807) is 12.1 Å². The standard InChI is InChI=1S/C19H20FNO/c1-19-12-21(10-14-6-3-2-4-7-14)11-15(19)18-16(20)8-5-9-17(18)22-13-19/h2-9,15H,10-13H2,1H3/t15-,19+/m1/s1. The Morgan fingerprint density at radius 1 is 1.18 bits per heavy atom. The van der Waals surface area contributed by atoms with Crippen LogP contribution in [-0.4, -0.2) is 24.6 Å². The molecular formula is C19H20FNO. The smallest absolute Gasteiger partial charge is 0.130 e. The van der Waals surface area contributed by atoms with E-state index in [2.05, 4.69) is 36.1 Å². The summed E-state index contributed by atoms with van der Waals surface area (Å²) >= 11 is 0. The molecule has 2 nitrogen and oxygen atoms in total. The van der Waals surface area contributed by atoms with Gasteiger partial charge in [0.05, 0.1) is 6.61 Å². The Morgan fingerprint density at radius 2 is 2.00 bits per heavy atom. The molecule has 1 saturated heterocycles. The molecule has 0 spiro atoms. The highest BCUT2D eigenvalue weighted by atomic mass is 19.1. The minimum absolute atomic E-state index is 0.00995. The van der Waals surface area contributed by atoms with Gasteiger partial charge in [-0.25, -0.2) is 4.39 Å². The summed E-state index contributed by atoms with van der Waals surface area (Å²) < 4.78 is 20.2. The van der Waals surface area contributed by atoms with Gasteiger partial charge in [0, 0.05) is 36.5 Å². The second-order valence-corrected chi connectivity index (χ2v) is 6.80. The van der Waals surface area contributed by atoms with Gasteiger partial charge in [0.1, 0.15) is 11.6 Å². The summed E-state index contributed by atoms with van der Waals surface area (Å²) in [6.45, 7) is 5.64. The molecule has 2 aromatic rings. The van der Waals surface area contributed by atoms with Gasteiger partial charge in [0.25, 0.3) is 0 Å². The molecule has 0 aliphatic carbocycles. The van der Waals surface area contributed by atoms with Crippen molar-refractivity contribution in [3.8, 4) is 5.75 Å². The van der Waals surface area contributed by atoms with Gasteiger partial charge in [-0.3, -0.25) is 4.90 Å². The van der Waals surface area contributed by atoms with Crippen molar-refractivity contribution >= 4 is 0 Å². The van der Waals surface area contributed by atoms with Crippen LogP contribution >= 0.6 is 0 Å². The second kappa shape index (κ2) is 5.10. The monoisotopic (exact) mass is 297 g/mol. The maximum Gasteiger partial charge on any atom is 0.130 e. The van der Waals surface area contributed by atoms with E-state index in [1.807, 2.05) is 12.1 Å². The zero-order valence-corrected chi connectivity index (χ0v) is 12.8. The average molecular weight is 297 g/mol. The van der Waals surface area contributed by atoms with Gasteiger partial charge in [-0.2, -0.15) is 0 Å². The number of hydrogen-bond donors (Lipinski definition) is 0. The molecule has 0 saturated carbocycles. The van der Waals surface area contributed by atoms with Crippen molar-refractivity contribution in [3.63, 3.8) is 0 Å². The summed E-state index contributed by atoms with van der Waals surface area (Å²) in [6.07, 6.45) is 0. The Kier molecular flexibility index (Phi) is 3.19. The molecule has 0 unspecified atom stereocenters. The molecule has 2 aliphatic heterocycles. The van der Waals surface area contributed by atoms with Crippen molar-refractivity contribution in [3.05, 3.63) is 65.5 Å². The summed E-state index contributed by atoms with van der Waals surface area (Å²) in [5.41, 5.74) is 2.07. The van der Waals surface area contributed by atoms with Gasteiger partial charge in [-0.05, 0) is 17.7 Å². The number of halogens is 1. The number of likely N-dealkylation sites (tertiary alicyclic amines) is 1. The van der Waals surface area contributed by atoms with E-state index in [-0.39, 0.29) is 17.2 Å². The lowest BCUT2D eigenvalue weighted by Gasteiger charge is -2.36. The zero-order chi connectivity index (χ0) is 15.2. The molecule has 2 atom stereocenters. The molecule has 1 fully saturated rings. The number of ether oxygens (including phenoxy) is 1. The number of benzene rings is 2. The van der Waals surface area contributed by atoms with Crippen LogP contribution in [0.25, 0.3) is 0 Å². The lowest BCUT2D eigenvalue weighted by atomic mass is 9.74. The van der Waals surface area contributed by atoms with Crippen molar-refractivity contribution < 1.29 is 9.13 Å². The Morgan fingerprint density at radius 3 is 2.82 bits per heavy atom. The van der Waals surface area contributed by atoms with Crippen LogP contribution in [-0.2, 0) is 6.54 Å². The Hall–Kier alpha value is -1.87. The third kappa shape index (κ3) is 2.20. The van der Waals surface area contributed by atoms with Crippen LogP contribution in [0.4, 0.5) is 4.39 Å². The molecule has 0 radical (unpaired) electrons. The first-order valence-corrected chi connectivity index (χ1v) is 7.83. The summed E-state index contributed by atoms with van der Waals surface area (Å²) in [5.74, 6) is 0.806. The van der Waals surface area contributed by atoms with Crippen molar-refractivity contribution in [2.45, 2.75) is 19.4 Å². The first-order valence-electron chi connectivity index (χ1n) is 7.83. The van der Waals surface area contributed by atoms with Gasteiger partial charge in [-0.1, -0.05) is 43.3 Å². The van der Waals surface area contributed by atoms with Crippen molar-refractivity contribution in [1.29, 1.82) is 0 Å². The fourth-order valence-electron chi connectivity index (χ4n) is 3.94. The largest absolute Gasteiger partial charge is 0.493 e. The lowest BCUT2D eigenvalue weighted by Crippen LogP contribution is -2.36. The molecule has 3 heteroatoms. The summed E-state index contributed by atoms with van der Waals surface area (Å²) in [5, 5.41) is 0. The lowest BCUT2D eigenvalue weighted by molar-refractivity contribution is 0.125. The van der Waals surface area contributed by atoms with Crippen LogP contribution in [0.15, 0.2) is 48.5 Å². The maximum atomic E-state index is 14.3. The molecule has 0 amide bonds. The molecule has 22 heavy (non-hydrogen) atoms. The van der Waals surface area contributed by atoms with Gasteiger partial charge in [-0.15, -0.1) is 0 Å². The van der Waals surface area contributed by atoms with Crippen molar-refractivity contribution in [2.24, 2.45) is 5.41 Å². The first-order chi connectivity index (χ1) is 10.7. The van der Waals surface area contributed by atoms with Crippen molar-refractivity contribution in [1.82, 2.24) is 4.90 Å². The molecule has 2 aromatic carbocycles. The molecule has 2 aliphatic rings. The highest BCUT2D eigenvalue weighted by molar-refractivity contribution is 5.42. The van der Waals surface area contributed by atoms with Crippen LogP contribution in [0.5, 0.6) is 5.75 Å². The minimum Gasteiger partial charge on any atom is -0.493 e. The predicted octanol–water partition coefficient (Wildman–Crippen LogP) is 3.82. The van der Waals surface area contributed by atoms with Gasteiger partial charge in [0.15, 0.2) is 0 Å². The van der Waals surface area contributed by atoms with Gasteiger partial charge >= 0.3 is 0 Å². The third-order valence-corrected chi connectivity index (χ3v) is 5.03. The van der Waals surface area contributed by atoms with Crippen LogP contribution in [0, 0.1) is 11.2 Å². The number of fused-ring (bicyclic) bond motifs is 3. The molecule has 114 valence electrons. The zero-order valence-electron chi connectivity index (χ0n) is 12.8. The number of rotatable bonds is 2. The number of nitrogens with zero attached hydrogens (tertiary/aromatic N) is 1. The SMILES string of the molecule is C[C@]12COc3cccc(F)c3[C@H]1CN(Cc1ccccc1)C2. The fraction of sp³-hybridized carbons (Fsp3) is 0.368. The van der Waals surface area contributed by atoms with E-state index in [4.69, 9.17) is 4.74 Å². The topological polar surface area (TPSA) is 12.5 Å². The van der Waals surface area contributed by atoms with Crippen molar-refractivity contribution in [2.75, 3.05) is 19.7 Å². The van der Waals surface area contributed by atoms with Crippen LogP contribution in [0.1, 0.15) is 24.0 Å². The summed E-state index contributed by atoms with van der Waals surface area (Å²) in [6, 6.07) is 15.6. The van der Waals surface area contributed by atoms with E-state index in [1.165, 1.54) is 5.56 Å². The Bertz CT molecular complexity index is 687. The highest BCUT2D eigenvalue weighted by Crippen LogP contribution is 2.50. The highest BCUT2D eigenvalue weighted by Gasteiger charge is 2.48. The summed E-state index contributed by atoms with van der Waals surface area (Å²) in [4.78, 5) is 2.42. The number of hydrogen-bond acceptors (Lipinski definition) is 2. The molecule has 0 aromatic heterocycles. The molecular weight excluding hydrogens is 277 g/mol. The van der Waals surface area contributed by atoms with E-state index < -0.39 is 0 Å². The molecule has 2 heterocycles. The fourth-order valence-corrected chi connectivity index (χ4v) is 3.94. The predicted molar refractivity (Wildman–Crippen MR) is 84.5 cm³/mol. The molecule has 0 N–H and O–H groups in total. The minimum atomic E-state index is -0.130. The maximum absolute atomic E-state index is 14.3. The van der Waals surface area contributed by atoms with E-state index in [9.17, 15) is 4.39 Å². The van der Waals surface area contributed by atoms with E-state index in [0.29, 0.717) is 6.61 Å². The average Bonchev–Trinajstić information content (AvgIpc) is 2.84. The van der Waals surface area contributed by atoms with E-state index in [0.717, 1.165) is 30.9 Å². The van der Waals surface area contributed by atoms with Crippen LogP contribution in [0.2, 0.25) is 0 Å². The van der Waals surface area contributed by atoms with Crippen LogP contribution < -0.4 is 4.74 Å². The quantitative estimate of drug-likeness (QED) is 0.835. The third-order valence-electron chi connectivity index (χ3n) is 5.03. The Balaban J connectivity index is 1.62.